The van der Waals surface area contributed by atoms with Gasteiger partial charge in [-0.1, -0.05) is 19.4 Å². The molecule has 4 heteroatoms. The number of aliphatic hydroxyl groups is 1. The van der Waals surface area contributed by atoms with Gasteiger partial charge in [-0.15, -0.1) is 0 Å². The van der Waals surface area contributed by atoms with Crippen molar-refractivity contribution < 1.29 is 14.6 Å². The first kappa shape index (κ1) is 12.9. The number of unbranched alkanes of at least 4 members (excludes halogenated alkanes) is 1. The van der Waals surface area contributed by atoms with E-state index in [0.717, 1.165) is 19.4 Å². The lowest BCUT2D eigenvalue weighted by molar-refractivity contribution is 0.0963. The number of hydrogen-bond acceptors (Lipinski definition) is 4. The van der Waals surface area contributed by atoms with Gasteiger partial charge in [-0.2, -0.15) is 0 Å². The van der Waals surface area contributed by atoms with Crippen molar-refractivity contribution in [3.63, 3.8) is 0 Å². The van der Waals surface area contributed by atoms with E-state index in [4.69, 9.17) is 14.6 Å². The molecule has 1 rings (SSSR count). The summed E-state index contributed by atoms with van der Waals surface area (Å²) < 4.78 is 10.7. The molecule has 0 unspecified atom stereocenters. The van der Waals surface area contributed by atoms with Crippen LogP contribution in [-0.2, 0) is 11.3 Å². The first-order valence-electron chi connectivity index (χ1n) is 5.64. The van der Waals surface area contributed by atoms with Gasteiger partial charge in [0.2, 0.25) is 5.88 Å². The van der Waals surface area contributed by atoms with Crippen LogP contribution in [-0.4, -0.2) is 29.9 Å². The zero-order chi connectivity index (χ0) is 11.6. The molecule has 0 saturated carbocycles. The van der Waals surface area contributed by atoms with Gasteiger partial charge in [0.05, 0.1) is 18.9 Å². The fourth-order valence-electron chi connectivity index (χ4n) is 1.18. The van der Waals surface area contributed by atoms with E-state index >= 15 is 0 Å². The summed E-state index contributed by atoms with van der Waals surface area (Å²) in [6.07, 6.45) is 2.22. The van der Waals surface area contributed by atoms with Gasteiger partial charge < -0.3 is 14.6 Å². The van der Waals surface area contributed by atoms with Crippen LogP contribution in [0, 0.1) is 0 Å². The normalized spacial score (nSPS) is 10.4. The molecule has 1 aromatic rings. The first-order chi connectivity index (χ1) is 7.86. The Labute approximate surface area is 96.2 Å². The molecule has 0 aliphatic rings. The number of ether oxygens (including phenoxy) is 2. The molecule has 0 fully saturated rings. The third-order valence-electron chi connectivity index (χ3n) is 2.06. The second-order valence-electron chi connectivity index (χ2n) is 3.44. The number of rotatable bonds is 8. The van der Waals surface area contributed by atoms with Gasteiger partial charge in [-0.25, -0.2) is 4.98 Å². The molecule has 0 bridgehead atoms. The highest BCUT2D eigenvalue weighted by molar-refractivity contribution is 5.15. The van der Waals surface area contributed by atoms with Gasteiger partial charge in [0, 0.05) is 12.7 Å². The largest absolute Gasteiger partial charge is 0.475 e. The van der Waals surface area contributed by atoms with Gasteiger partial charge in [-0.3, -0.25) is 0 Å². The van der Waals surface area contributed by atoms with Crippen molar-refractivity contribution in [2.24, 2.45) is 0 Å². The van der Waals surface area contributed by atoms with Crippen molar-refractivity contribution in [1.29, 1.82) is 0 Å². The minimum Gasteiger partial charge on any atom is -0.475 e. The van der Waals surface area contributed by atoms with Crippen LogP contribution < -0.4 is 4.74 Å². The van der Waals surface area contributed by atoms with Crippen molar-refractivity contribution in [2.75, 3.05) is 19.8 Å². The molecule has 0 saturated heterocycles. The maximum Gasteiger partial charge on any atom is 0.213 e. The highest BCUT2D eigenvalue weighted by atomic mass is 16.5. The zero-order valence-corrected chi connectivity index (χ0v) is 9.69. The van der Waals surface area contributed by atoms with Crippen molar-refractivity contribution in [2.45, 2.75) is 26.4 Å². The maximum atomic E-state index is 8.89. The molecule has 4 nitrogen and oxygen atoms in total. The van der Waals surface area contributed by atoms with E-state index in [9.17, 15) is 0 Å². The smallest absolute Gasteiger partial charge is 0.213 e. The Balaban J connectivity index is 2.16. The van der Waals surface area contributed by atoms with E-state index in [-0.39, 0.29) is 6.61 Å². The summed E-state index contributed by atoms with van der Waals surface area (Å²) in [5, 5.41) is 8.89. The molecule has 16 heavy (non-hydrogen) atoms. The van der Waals surface area contributed by atoms with E-state index in [0.29, 0.717) is 24.8 Å². The molecule has 90 valence electrons. The second-order valence-corrected chi connectivity index (χ2v) is 3.44. The van der Waals surface area contributed by atoms with Crippen LogP contribution in [0.1, 0.15) is 25.5 Å². The SMILES string of the molecule is CCCCOCCOc1cccc(CO)n1. The van der Waals surface area contributed by atoms with Crippen molar-refractivity contribution >= 4 is 0 Å². The van der Waals surface area contributed by atoms with Crippen molar-refractivity contribution in [3.05, 3.63) is 23.9 Å². The average molecular weight is 225 g/mol. The van der Waals surface area contributed by atoms with E-state index in [2.05, 4.69) is 11.9 Å². The molecular weight excluding hydrogens is 206 g/mol. The maximum absolute atomic E-state index is 8.89. The van der Waals surface area contributed by atoms with Gasteiger partial charge in [0.25, 0.3) is 0 Å². The molecule has 0 spiro atoms. The summed E-state index contributed by atoms with van der Waals surface area (Å²) in [7, 11) is 0. The first-order valence-corrected chi connectivity index (χ1v) is 5.64. The van der Waals surface area contributed by atoms with Gasteiger partial charge >= 0.3 is 0 Å². The Hall–Kier alpha value is -1.13. The fraction of sp³-hybridized carbons (Fsp3) is 0.583. The van der Waals surface area contributed by atoms with E-state index in [1.54, 1.807) is 12.1 Å². The molecule has 0 aromatic carbocycles. The number of pyridine rings is 1. The average Bonchev–Trinajstić information content (AvgIpc) is 2.34. The van der Waals surface area contributed by atoms with Crippen molar-refractivity contribution in [3.8, 4) is 5.88 Å². The number of aromatic nitrogens is 1. The molecule has 0 atom stereocenters. The standard InChI is InChI=1S/C12H19NO3/c1-2-3-7-15-8-9-16-12-6-4-5-11(10-14)13-12/h4-6,14H,2-3,7-10H2,1H3. The van der Waals surface area contributed by atoms with Crippen LogP contribution in [0.15, 0.2) is 18.2 Å². The molecule has 0 aliphatic carbocycles. The summed E-state index contributed by atoms with van der Waals surface area (Å²) in [6.45, 7) is 3.91. The molecular formula is C12H19NO3. The predicted molar refractivity (Wildman–Crippen MR) is 61.4 cm³/mol. The number of aliphatic hydroxyl groups excluding tert-OH is 1. The van der Waals surface area contributed by atoms with E-state index in [1.807, 2.05) is 6.07 Å². The summed E-state index contributed by atoms with van der Waals surface area (Å²) in [4.78, 5) is 4.10. The zero-order valence-electron chi connectivity index (χ0n) is 9.69. The van der Waals surface area contributed by atoms with Crippen LogP contribution in [0.5, 0.6) is 5.88 Å². The minimum absolute atomic E-state index is 0.0653. The Morgan fingerprint density at radius 3 is 2.88 bits per heavy atom. The van der Waals surface area contributed by atoms with Crippen molar-refractivity contribution in [1.82, 2.24) is 4.98 Å². The number of hydrogen-bond donors (Lipinski definition) is 1. The van der Waals surface area contributed by atoms with Crippen LogP contribution in [0.4, 0.5) is 0 Å². The Bertz CT molecular complexity index is 291. The lowest BCUT2D eigenvalue weighted by Crippen LogP contribution is -2.08. The number of nitrogens with zero attached hydrogens (tertiary/aromatic N) is 1. The van der Waals surface area contributed by atoms with Gasteiger partial charge in [0.1, 0.15) is 6.61 Å². The molecule has 1 N–H and O–H groups in total. The minimum atomic E-state index is -0.0653. The molecule has 0 aliphatic heterocycles. The molecule has 1 aromatic heterocycles. The Kier molecular flexibility index (Phi) is 6.53. The molecule has 0 radical (unpaired) electrons. The third-order valence-corrected chi connectivity index (χ3v) is 2.06. The van der Waals surface area contributed by atoms with Crippen LogP contribution in [0.25, 0.3) is 0 Å². The Morgan fingerprint density at radius 1 is 1.25 bits per heavy atom. The summed E-state index contributed by atoms with van der Waals surface area (Å²) in [5.41, 5.74) is 0.615. The lowest BCUT2D eigenvalue weighted by Gasteiger charge is -2.06. The lowest BCUT2D eigenvalue weighted by atomic mass is 10.4. The van der Waals surface area contributed by atoms with Crippen LogP contribution in [0.2, 0.25) is 0 Å². The Morgan fingerprint density at radius 2 is 2.12 bits per heavy atom. The highest BCUT2D eigenvalue weighted by Gasteiger charge is 1.97. The van der Waals surface area contributed by atoms with Crippen LogP contribution >= 0.6 is 0 Å². The summed E-state index contributed by atoms with van der Waals surface area (Å²) in [6, 6.07) is 5.33. The van der Waals surface area contributed by atoms with Gasteiger partial charge in [0.15, 0.2) is 0 Å². The molecule has 0 amide bonds. The highest BCUT2D eigenvalue weighted by Crippen LogP contribution is 2.07. The summed E-state index contributed by atoms with van der Waals surface area (Å²) >= 11 is 0. The van der Waals surface area contributed by atoms with E-state index in [1.165, 1.54) is 0 Å². The van der Waals surface area contributed by atoms with Gasteiger partial charge in [-0.05, 0) is 12.5 Å². The van der Waals surface area contributed by atoms with E-state index < -0.39 is 0 Å². The topological polar surface area (TPSA) is 51.6 Å². The summed E-state index contributed by atoms with van der Waals surface area (Å²) in [5.74, 6) is 0.533. The third kappa shape index (κ3) is 5.09. The van der Waals surface area contributed by atoms with Crippen LogP contribution in [0.3, 0.4) is 0 Å². The second kappa shape index (κ2) is 8.07. The monoisotopic (exact) mass is 225 g/mol. The fourth-order valence-corrected chi connectivity index (χ4v) is 1.18. The molecule has 1 heterocycles. The quantitative estimate of drug-likeness (QED) is 0.685. The predicted octanol–water partition coefficient (Wildman–Crippen LogP) is 1.77.